The van der Waals surface area contributed by atoms with E-state index in [0.29, 0.717) is 12.6 Å². The van der Waals surface area contributed by atoms with Gasteiger partial charge in [0.05, 0.1) is 6.54 Å². The molecule has 2 aliphatic rings. The van der Waals surface area contributed by atoms with Gasteiger partial charge in [-0.2, -0.15) is 0 Å². The molecule has 0 aromatic carbocycles. The zero-order valence-electron chi connectivity index (χ0n) is 13.6. The van der Waals surface area contributed by atoms with Crippen LogP contribution in [0.15, 0.2) is 11.4 Å². The second kappa shape index (κ2) is 7.45. The zero-order chi connectivity index (χ0) is 16.2. The van der Waals surface area contributed by atoms with Gasteiger partial charge in [-0.25, -0.2) is 0 Å². The Kier molecular flexibility index (Phi) is 5.33. The van der Waals surface area contributed by atoms with Crippen LogP contribution < -0.4 is 10.6 Å². The maximum absolute atomic E-state index is 12.4. The normalized spacial score (nSPS) is 25.3. The lowest BCUT2D eigenvalue weighted by Gasteiger charge is -2.35. The molecule has 0 unspecified atom stereocenters. The topological polar surface area (TPSA) is 61.4 Å². The van der Waals surface area contributed by atoms with Gasteiger partial charge >= 0.3 is 0 Å². The smallest absolute Gasteiger partial charge is 0.242 e. The Morgan fingerprint density at radius 1 is 1.48 bits per heavy atom. The van der Waals surface area contributed by atoms with Gasteiger partial charge in [0.15, 0.2) is 0 Å². The average molecular weight is 335 g/mol. The van der Waals surface area contributed by atoms with Crippen molar-refractivity contribution in [2.24, 2.45) is 0 Å². The predicted octanol–water partition coefficient (Wildman–Crippen LogP) is 1.84. The molecule has 1 aromatic heterocycles. The minimum absolute atomic E-state index is 0.0378. The summed E-state index contributed by atoms with van der Waals surface area (Å²) in [6.45, 7) is 4.17. The fraction of sp³-hybridized carbons (Fsp3) is 0.647. The van der Waals surface area contributed by atoms with Crippen LogP contribution >= 0.6 is 11.3 Å². The van der Waals surface area contributed by atoms with Gasteiger partial charge in [0.25, 0.3) is 0 Å². The Morgan fingerprint density at radius 3 is 3.17 bits per heavy atom. The van der Waals surface area contributed by atoms with E-state index in [4.69, 9.17) is 0 Å². The molecule has 126 valence electrons. The number of carbonyl (C=O) groups is 2. The molecule has 3 heterocycles. The third-order valence-corrected chi connectivity index (χ3v) is 5.81. The fourth-order valence-corrected chi connectivity index (χ4v) is 4.55. The van der Waals surface area contributed by atoms with Gasteiger partial charge in [0.1, 0.15) is 6.04 Å². The molecule has 2 aliphatic heterocycles. The maximum Gasteiger partial charge on any atom is 0.242 e. The lowest BCUT2D eigenvalue weighted by atomic mass is 9.98. The summed E-state index contributed by atoms with van der Waals surface area (Å²) in [5, 5.41) is 7.94. The van der Waals surface area contributed by atoms with Crippen LogP contribution in [0, 0.1) is 0 Å². The highest BCUT2D eigenvalue weighted by Gasteiger charge is 2.29. The molecule has 5 nitrogen and oxygen atoms in total. The molecule has 6 heteroatoms. The molecule has 23 heavy (non-hydrogen) atoms. The van der Waals surface area contributed by atoms with Crippen molar-refractivity contribution < 1.29 is 9.59 Å². The molecular formula is C17H25N3O2S. The van der Waals surface area contributed by atoms with Crippen molar-refractivity contribution in [1.29, 1.82) is 0 Å². The second-order valence-corrected chi connectivity index (χ2v) is 7.35. The van der Waals surface area contributed by atoms with E-state index >= 15 is 0 Å². The van der Waals surface area contributed by atoms with Crippen molar-refractivity contribution in [3.63, 3.8) is 0 Å². The van der Waals surface area contributed by atoms with Crippen LogP contribution in [0.2, 0.25) is 0 Å². The molecule has 0 saturated carbocycles. The summed E-state index contributed by atoms with van der Waals surface area (Å²) in [5.74, 6) is -0.0779. The van der Waals surface area contributed by atoms with Crippen LogP contribution in [0.4, 0.5) is 0 Å². The van der Waals surface area contributed by atoms with Crippen molar-refractivity contribution in [2.75, 3.05) is 19.6 Å². The highest BCUT2D eigenvalue weighted by Crippen LogP contribution is 2.34. The molecule has 0 bridgehead atoms. The molecule has 2 N–H and O–H groups in total. The van der Waals surface area contributed by atoms with E-state index in [-0.39, 0.29) is 17.9 Å². The van der Waals surface area contributed by atoms with Gasteiger partial charge in [-0.3, -0.25) is 14.5 Å². The first kappa shape index (κ1) is 16.5. The summed E-state index contributed by atoms with van der Waals surface area (Å²) in [7, 11) is 0. The zero-order valence-corrected chi connectivity index (χ0v) is 14.5. The Balaban J connectivity index is 1.60. The van der Waals surface area contributed by atoms with Crippen LogP contribution in [0.5, 0.6) is 0 Å². The second-order valence-electron chi connectivity index (χ2n) is 6.35. The lowest BCUT2D eigenvalue weighted by Crippen LogP contribution is -2.49. The van der Waals surface area contributed by atoms with E-state index in [9.17, 15) is 9.59 Å². The highest BCUT2D eigenvalue weighted by atomic mass is 32.1. The van der Waals surface area contributed by atoms with Gasteiger partial charge in [0.2, 0.25) is 11.8 Å². The van der Waals surface area contributed by atoms with E-state index < -0.39 is 0 Å². The number of hydrogen-bond acceptors (Lipinski definition) is 4. The third-order valence-electron chi connectivity index (χ3n) is 4.81. The van der Waals surface area contributed by atoms with E-state index in [1.54, 1.807) is 0 Å². The largest absolute Gasteiger partial charge is 0.354 e. The van der Waals surface area contributed by atoms with Crippen molar-refractivity contribution in [3.8, 4) is 0 Å². The van der Waals surface area contributed by atoms with Crippen LogP contribution in [0.3, 0.4) is 0 Å². The number of nitrogens with one attached hydrogen (secondary N) is 2. The first-order valence-electron chi connectivity index (χ1n) is 8.56. The van der Waals surface area contributed by atoms with E-state index in [1.807, 2.05) is 11.3 Å². The van der Waals surface area contributed by atoms with Crippen LogP contribution in [-0.4, -0.2) is 42.4 Å². The summed E-state index contributed by atoms with van der Waals surface area (Å²) in [5.41, 5.74) is 1.38. The van der Waals surface area contributed by atoms with Gasteiger partial charge in [-0.1, -0.05) is 6.92 Å². The number of nitrogens with zero attached hydrogens (tertiary/aromatic N) is 1. The number of carbonyl (C=O) groups excluding carboxylic acids is 2. The highest BCUT2D eigenvalue weighted by molar-refractivity contribution is 7.10. The molecule has 2 atom stereocenters. The van der Waals surface area contributed by atoms with Crippen molar-refractivity contribution in [1.82, 2.24) is 15.5 Å². The fourth-order valence-electron chi connectivity index (χ4n) is 3.62. The number of fused-ring (bicyclic) bond motifs is 1. The summed E-state index contributed by atoms with van der Waals surface area (Å²) in [6, 6.07) is 2.14. The summed E-state index contributed by atoms with van der Waals surface area (Å²) < 4.78 is 0. The van der Waals surface area contributed by atoms with E-state index in [0.717, 1.165) is 45.2 Å². The first-order valence-corrected chi connectivity index (χ1v) is 9.44. The SMILES string of the molecule is CC[C@@H]1c2ccsc2CCN1CC(=O)N[C@H]1CCCCNC1=O. The van der Waals surface area contributed by atoms with Gasteiger partial charge in [0, 0.05) is 24.0 Å². The standard InChI is InChI=1S/C17H25N3O2S/c1-2-14-12-7-10-23-15(12)6-9-20(14)11-16(21)19-13-5-3-4-8-18-17(13)22/h7,10,13-14H,2-6,8-9,11H2,1H3,(H,18,22)(H,19,21)/t13-,14+/m0/s1. The van der Waals surface area contributed by atoms with Gasteiger partial charge in [-0.15, -0.1) is 11.3 Å². The number of hydrogen-bond donors (Lipinski definition) is 2. The molecule has 1 fully saturated rings. The van der Waals surface area contributed by atoms with Gasteiger partial charge in [-0.05, 0) is 49.1 Å². The molecule has 1 aromatic rings. The number of amides is 2. The monoisotopic (exact) mass is 335 g/mol. The summed E-state index contributed by atoms with van der Waals surface area (Å²) >= 11 is 1.82. The molecule has 3 rings (SSSR count). The van der Waals surface area contributed by atoms with Gasteiger partial charge < -0.3 is 10.6 Å². The minimum atomic E-state index is -0.369. The molecule has 1 saturated heterocycles. The van der Waals surface area contributed by atoms with E-state index in [2.05, 4.69) is 33.9 Å². The van der Waals surface area contributed by atoms with Crippen molar-refractivity contribution in [2.45, 2.75) is 51.1 Å². The maximum atomic E-state index is 12.4. The van der Waals surface area contributed by atoms with E-state index in [1.165, 1.54) is 10.4 Å². The van der Waals surface area contributed by atoms with Crippen molar-refractivity contribution in [3.05, 3.63) is 21.9 Å². The van der Waals surface area contributed by atoms with Crippen LogP contribution in [0.25, 0.3) is 0 Å². The predicted molar refractivity (Wildman–Crippen MR) is 91.4 cm³/mol. The molecule has 2 amide bonds. The molecular weight excluding hydrogens is 310 g/mol. The third kappa shape index (κ3) is 3.75. The average Bonchev–Trinajstić information content (AvgIpc) is 2.92. The van der Waals surface area contributed by atoms with Crippen LogP contribution in [0.1, 0.15) is 49.1 Å². The minimum Gasteiger partial charge on any atom is -0.354 e. The molecule has 0 radical (unpaired) electrons. The van der Waals surface area contributed by atoms with Crippen molar-refractivity contribution >= 4 is 23.2 Å². The molecule has 0 aliphatic carbocycles. The summed E-state index contributed by atoms with van der Waals surface area (Å²) in [4.78, 5) is 28.1. The number of thiophene rings is 1. The number of rotatable bonds is 4. The van der Waals surface area contributed by atoms with Crippen LogP contribution in [-0.2, 0) is 16.0 Å². The Morgan fingerprint density at radius 2 is 2.35 bits per heavy atom. The Bertz CT molecular complexity index is 572. The first-order chi connectivity index (χ1) is 11.2. The Labute approximate surface area is 141 Å². The lowest BCUT2D eigenvalue weighted by molar-refractivity contribution is -0.129. The molecule has 0 spiro atoms. The quantitative estimate of drug-likeness (QED) is 0.883. The Hall–Kier alpha value is -1.40. The summed E-state index contributed by atoms with van der Waals surface area (Å²) in [6.07, 6.45) is 4.72.